The molecule has 0 saturated heterocycles. The van der Waals surface area contributed by atoms with Crippen molar-refractivity contribution in [1.29, 1.82) is 0 Å². The number of hydrogen-bond donors (Lipinski definition) is 2. The van der Waals surface area contributed by atoms with E-state index in [0.29, 0.717) is 25.1 Å². The first-order valence-electron chi connectivity index (χ1n) is 8.53. The maximum absolute atomic E-state index is 12.4. The quantitative estimate of drug-likeness (QED) is 0.560. The fraction of sp³-hybridized carbons (Fsp3) is 0.474. The summed E-state index contributed by atoms with van der Waals surface area (Å²) in [6, 6.07) is 7.19. The van der Waals surface area contributed by atoms with Crippen molar-refractivity contribution in [3.05, 3.63) is 36.4 Å². The number of carboxylic acid groups (broad SMARTS) is 1. The molecule has 24 heavy (non-hydrogen) atoms. The number of amides is 1. The van der Waals surface area contributed by atoms with Crippen LogP contribution in [0.1, 0.15) is 39.0 Å². The van der Waals surface area contributed by atoms with Gasteiger partial charge >= 0.3 is 5.97 Å². The first-order valence-corrected chi connectivity index (χ1v) is 8.53. The molecule has 2 unspecified atom stereocenters. The number of nitrogens with one attached hydrogen (secondary N) is 1. The lowest BCUT2D eigenvalue weighted by molar-refractivity contribution is -0.146. The van der Waals surface area contributed by atoms with Gasteiger partial charge in [-0.3, -0.25) is 9.59 Å². The van der Waals surface area contributed by atoms with E-state index in [-0.39, 0.29) is 5.91 Å². The van der Waals surface area contributed by atoms with Gasteiger partial charge in [0.05, 0.1) is 18.4 Å². The highest BCUT2D eigenvalue weighted by atomic mass is 16.5. The second kappa shape index (κ2) is 9.11. The van der Waals surface area contributed by atoms with Crippen LogP contribution in [-0.4, -0.2) is 23.6 Å². The first kappa shape index (κ1) is 18.0. The van der Waals surface area contributed by atoms with Crippen LogP contribution >= 0.6 is 0 Å². The highest BCUT2D eigenvalue weighted by Gasteiger charge is 2.33. The molecule has 0 aliphatic heterocycles. The standard InChI is InChI=1S/C19H25NO4/c1-2-3-6-13-24-15-11-9-14(10-12-15)20-18(21)16-7-4-5-8-17(16)19(22)23/h4-5,9-12,16-17H,2-3,6-8,13H2,1H3,(H,20,21)(H,22,23). The summed E-state index contributed by atoms with van der Waals surface area (Å²) in [5, 5.41) is 12.1. The summed E-state index contributed by atoms with van der Waals surface area (Å²) in [6.45, 7) is 2.84. The van der Waals surface area contributed by atoms with Crippen molar-refractivity contribution in [1.82, 2.24) is 0 Å². The van der Waals surface area contributed by atoms with Crippen LogP contribution in [0.5, 0.6) is 5.75 Å². The number of hydrogen-bond acceptors (Lipinski definition) is 3. The number of carbonyl (C=O) groups is 2. The summed E-state index contributed by atoms with van der Waals surface area (Å²) in [4.78, 5) is 23.7. The van der Waals surface area contributed by atoms with E-state index in [1.165, 1.54) is 0 Å². The minimum Gasteiger partial charge on any atom is -0.494 e. The molecule has 0 bridgehead atoms. The summed E-state index contributed by atoms with van der Waals surface area (Å²) in [7, 11) is 0. The Morgan fingerprint density at radius 1 is 1.12 bits per heavy atom. The second-order valence-electron chi connectivity index (χ2n) is 6.06. The van der Waals surface area contributed by atoms with E-state index >= 15 is 0 Å². The highest BCUT2D eigenvalue weighted by Crippen LogP contribution is 2.27. The molecule has 1 amide bonds. The number of benzene rings is 1. The molecule has 2 rings (SSSR count). The van der Waals surface area contributed by atoms with Gasteiger partial charge in [-0.1, -0.05) is 31.9 Å². The Balaban J connectivity index is 1.89. The third-order valence-corrected chi connectivity index (χ3v) is 4.22. The number of rotatable bonds is 8. The molecule has 2 N–H and O–H groups in total. The fourth-order valence-electron chi connectivity index (χ4n) is 2.79. The second-order valence-corrected chi connectivity index (χ2v) is 6.06. The van der Waals surface area contributed by atoms with Crippen LogP contribution in [0.15, 0.2) is 36.4 Å². The Kier molecular flexibility index (Phi) is 6.85. The number of unbranched alkanes of at least 4 members (excludes halogenated alkanes) is 2. The molecule has 0 radical (unpaired) electrons. The van der Waals surface area contributed by atoms with E-state index in [1.54, 1.807) is 12.1 Å². The zero-order valence-electron chi connectivity index (χ0n) is 14.0. The van der Waals surface area contributed by atoms with Gasteiger partial charge in [0.1, 0.15) is 5.75 Å². The van der Waals surface area contributed by atoms with E-state index in [0.717, 1.165) is 25.0 Å². The van der Waals surface area contributed by atoms with Crippen LogP contribution in [0.25, 0.3) is 0 Å². The maximum Gasteiger partial charge on any atom is 0.307 e. The molecule has 0 aromatic heterocycles. The van der Waals surface area contributed by atoms with Crippen molar-refractivity contribution < 1.29 is 19.4 Å². The summed E-state index contributed by atoms with van der Waals surface area (Å²) in [5.74, 6) is -1.58. The Morgan fingerprint density at radius 3 is 2.42 bits per heavy atom. The number of carboxylic acids is 1. The van der Waals surface area contributed by atoms with Gasteiger partial charge in [-0.25, -0.2) is 0 Å². The SMILES string of the molecule is CCCCCOc1ccc(NC(=O)C2CC=CCC2C(=O)O)cc1. The van der Waals surface area contributed by atoms with E-state index in [4.69, 9.17) is 4.74 Å². The number of aliphatic carboxylic acids is 1. The van der Waals surface area contributed by atoms with Gasteiger partial charge in [0.15, 0.2) is 0 Å². The topological polar surface area (TPSA) is 75.6 Å². The predicted molar refractivity (Wildman–Crippen MR) is 93.1 cm³/mol. The van der Waals surface area contributed by atoms with Gasteiger partial charge in [0.25, 0.3) is 0 Å². The molecule has 5 heteroatoms. The summed E-state index contributed by atoms with van der Waals surface area (Å²) < 4.78 is 5.63. The lowest BCUT2D eigenvalue weighted by Gasteiger charge is -2.24. The van der Waals surface area contributed by atoms with Gasteiger partial charge < -0.3 is 15.2 Å². The Morgan fingerprint density at radius 2 is 1.79 bits per heavy atom. The molecule has 0 heterocycles. The fourth-order valence-corrected chi connectivity index (χ4v) is 2.79. The zero-order valence-corrected chi connectivity index (χ0v) is 14.0. The molecule has 1 aromatic carbocycles. The Hall–Kier alpha value is -2.30. The van der Waals surface area contributed by atoms with Gasteiger partial charge in [-0.05, 0) is 43.5 Å². The summed E-state index contributed by atoms with van der Waals surface area (Å²) in [6.07, 6.45) is 7.89. The minimum absolute atomic E-state index is 0.247. The zero-order chi connectivity index (χ0) is 17.4. The number of carbonyl (C=O) groups excluding carboxylic acids is 1. The first-order chi connectivity index (χ1) is 11.6. The lowest BCUT2D eigenvalue weighted by Crippen LogP contribution is -2.34. The van der Waals surface area contributed by atoms with Gasteiger partial charge in [-0.2, -0.15) is 0 Å². The molecular formula is C19H25NO4. The van der Waals surface area contributed by atoms with Crippen LogP contribution in [0.3, 0.4) is 0 Å². The normalized spacial score (nSPS) is 19.7. The van der Waals surface area contributed by atoms with Gasteiger partial charge in [0.2, 0.25) is 5.91 Å². The molecule has 130 valence electrons. The molecule has 0 saturated carbocycles. The molecule has 1 aliphatic carbocycles. The third-order valence-electron chi connectivity index (χ3n) is 4.22. The van der Waals surface area contributed by atoms with Crippen molar-refractivity contribution in [2.45, 2.75) is 39.0 Å². The number of ether oxygens (including phenoxy) is 1. The summed E-state index contributed by atoms with van der Waals surface area (Å²) in [5.41, 5.74) is 0.652. The smallest absolute Gasteiger partial charge is 0.307 e. The number of allylic oxidation sites excluding steroid dienone is 2. The van der Waals surface area contributed by atoms with Crippen LogP contribution in [0, 0.1) is 11.8 Å². The van der Waals surface area contributed by atoms with Crippen molar-refractivity contribution >= 4 is 17.6 Å². The average Bonchev–Trinajstić information content (AvgIpc) is 2.60. The molecule has 1 aliphatic rings. The van der Waals surface area contributed by atoms with E-state index in [2.05, 4.69) is 12.2 Å². The molecular weight excluding hydrogens is 306 g/mol. The number of anilines is 1. The van der Waals surface area contributed by atoms with E-state index < -0.39 is 17.8 Å². The molecule has 0 fully saturated rings. The lowest BCUT2D eigenvalue weighted by atomic mass is 9.82. The van der Waals surface area contributed by atoms with Gasteiger partial charge in [0, 0.05) is 5.69 Å². The molecule has 0 spiro atoms. The Bertz CT molecular complexity index is 580. The van der Waals surface area contributed by atoms with Crippen molar-refractivity contribution in [3.8, 4) is 5.75 Å². The van der Waals surface area contributed by atoms with Crippen LogP contribution in [0.4, 0.5) is 5.69 Å². The predicted octanol–water partition coefficient (Wildman–Crippen LogP) is 3.86. The highest BCUT2D eigenvalue weighted by molar-refractivity contribution is 5.95. The third kappa shape index (κ3) is 5.11. The Labute approximate surface area is 142 Å². The van der Waals surface area contributed by atoms with Crippen LogP contribution in [0.2, 0.25) is 0 Å². The van der Waals surface area contributed by atoms with Crippen molar-refractivity contribution in [2.24, 2.45) is 11.8 Å². The largest absolute Gasteiger partial charge is 0.494 e. The molecule has 5 nitrogen and oxygen atoms in total. The van der Waals surface area contributed by atoms with E-state index in [9.17, 15) is 14.7 Å². The summed E-state index contributed by atoms with van der Waals surface area (Å²) >= 11 is 0. The molecule has 2 atom stereocenters. The minimum atomic E-state index is -0.921. The van der Waals surface area contributed by atoms with Crippen LogP contribution in [-0.2, 0) is 9.59 Å². The van der Waals surface area contributed by atoms with Gasteiger partial charge in [-0.15, -0.1) is 0 Å². The van der Waals surface area contributed by atoms with E-state index in [1.807, 2.05) is 24.3 Å². The molecule has 1 aromatic rings. The monoisotopic (exact) mass is 331 g/mol. The van der Waals surface area contributed by atoms with Crippen molar-refractivity contribution in [2.75, 3.05) is 11.9 Å². The van der Waals surface area contributed by atoms with Crippen LogP contribution < -0.4 is 10.1 Å². The maximum atomic E-state index is 12.4. The average molecular weight is 331 g/mol. The van der Waals surface area contributed by atoms with Crippen molar-refractivity contribution in [3.63, 3.8) is 0 Å².